The second-order valence-electron chi connectivity index (χ2n) is 5.54. The zero-order valence-corrected chi connectivity index (χ0v) is 14.8. The lowest BCUT2D eigenvalue weighted by atomic mass is 10.1. The molecule has 1 rings (SSSR count). The molecule has 0 saturated carbocycles. The third-order valence-electron chi connectivity index (χ3n) is 3.35. The molecule has 0 fully saturated rings. The first-order valence-corrected chi connectivity index (χ1v) is 8.37. The first-order valence-electron chi connectivity index (χ1n) is 8.37. The van der Waals surface area contributed by atoms with Gasteiger partial charge in [0.25, 0.3) is 0 Å². The molecule has 0 aliphatic rings. The number of ether oxygens (including phenoxy) is 2. The fourth-order valence-electron chi connectivity index (χ4n) is 2.18. The summed E-state index contributed by atoms with van der Waals surface area (Å²) in [5.41, 5.74) is 1.21. The SMILES string of the molecule is CCNC(=NCCCOC(C)c1ccccc1)NC(C)COC. The van der Waals surface area contributed by atoms with Crippen molar-refractivity contribution in [3.63, 3.8) is 0 Å². The number of hydrogen-bond donors (Lipinski definition) is 2. The van der Waals surface area contributed by atoms with Crippen LogP contribution in [-0.4, -0.2) is 45.4 Å². The summed E-state index contributed by atoms with van der Waals surface area (Å²) < 4.78 is 11.0. The highest BCUT2D eigenvalue weighted by Gasteiger charge is 2.05. The molecule has 0 spiro atoms. The molecular weight excluding hydrogens is 290 g/mol. The van der Waals surface area contributed by atoms with Gasteiger partial charge in [-0.2, -0.15) is 0 Å². The van der Waals surface area contributed by atoms with Crippen molar-refractivity contribution in [2.45, 2.75) is 39.3 Å². The van der Waals surface area contributed by atoms with Crippen LogP contribution in [0.4, 0.5) is 0 Å². The molecule has 2 unspecified atom stereocenters. The summed E-state index contributed by atoms with van der Waals surface area (Å²) in [6.07, 6.45) is 1.01. The Morgan fingerprint density at radius 2 is 1.96 bits per heavy atom. The molecule has 5 nitrogen and oxygen atoms in total. The normalized spacial score (nSPS) is 14.3. The van der Waals surface area contributed by atoms with Gasteiger partial charge < -0.3 is 20.1 Å². The summed E-state index contributed by atoms with van der Waals surface area (Å²) in [5, 5.41) is 6.56. The molecule has 0 aliphatic heterocycles. The summed E-state index contributed by atoms with van der Waals surface area (Å²) in [7, 11) is 1.70. The molecular formula is C18H31N3O2. The van der Waals surface area contributed by atoms with Crippen LogP contribution >= 0.6 is 0 Å². The number of methoxy groups -OCH3 is 1. The summed E-state index contributed by atoms with van der Waals surface area (Å²) in [4.78, 5) is 4.56. The van der Waals surface area contributed by atoms with Crippen LogP contribution in [0, 0.1) is 0 Å². The Bertz CT molecular complexity index is 437. The van der Waals surface area contributed by atoms with Crippen molar-refractivity contribution in [3.05, 3.63) is 35.9 Å². The van der Waals surface area contributed by atoms with Gasteiger partial charge in [-0.15, -0.1) is 0 Å². The number of rotatable bonds is 10. The van der Waals surface area contributed by atoms with Gasteiger partial charge in [-0.05, 0) is 32.8 Å². The van der Waals surface area contributed by atoms with Crippen molar-refractivity contribution in [2.24, 2.45) is 4.99 Å². The van der Waals surface area contributed by atoms with E-state index in [-0.39, 0.29) is 12.1 Å². The van der Waals surface area contributed by atoms with Crippen LogP contribution in [0.1, 0.15) is 38.9 Å². The van der Waals surface area contributed by atoms with Crippen molar-refractivity contribution in [3.8, 4) is 0 Å². The summed E-state index contributed by atoms with van der Waals surface area (Å²) >= 11 is 0. The van der Waals surface area contributed by atoms with Crippen LogP contribution in [0.15, 0.2) is 35.3 Å². The van der Waals surface area contributed by atoms with E-state index in [0.717, 1.165) is 25.5 Å². The zero-order valence-electron chi connectivity index (χ0n) is 14.8. The van der Waals surface area contributed by atoms with E-state index in [2.05, 4.69) is 48.5 Å². The summed E-state index contributed by atoms with van der Waals surface area (Å²) in [6.45, 7) is 9.14. The van der Waals surface area contributed by atoms with E-state index in [1.807, 2.05) is 18.2 Å². The number of guanidine groups is 1. The van der Waals surface area contributed by atoms with Crippen LogP contribution in [0.2, 0.25) is 0 Å². The molecule has 1 aromatic carbocycles. The lowest BCUT2D eigenvalue weighted by molar-refractivity contribution is 0.0652. The molecule has 0 bridgehead atoms. The molecule has 130 valence electrons. The lowest BCUT2D eigenvalue weighted by Crippen LogP contribution is -2.44. The first-order chi connectivity index (χ1) is 11.2. The van der Waals surface area contributed by atoms with Crippen LogP contribution in [-0.2, 0) is 9.47 Å². The summed E-state index contributed by atoms with van der Waals surface area (Å²) in [5.74, 6) is 0.827. The Balaban J connectivity index is 2.29. The van der Waals surface area contributed by atoms with Crippen LogP contribution < -0.4 is 10.6 Å². The van der Waals surface area contributed by atoms with E-state index in [1.54, 1.807) is 7.11 Å². The standard InChI is InChI=1S/C18H31N3O2/c1-5-19-18(21-15(2)14-22-4)20-12-9-13-23-16(3)17-10-7-6-8-11-17/h6-8,10-11,15-16H,5,9,12-14H2,1-4H3,(H2,19,20,21). The summed E-state index contributed by atoms with van der Waals surface area (Å²) in [6, 6.07) is 10.5. The fourth-order valence-corrected chi connectivity index (χ4v) is 2.18. The van der Waals surface area contributed by atoms with Crippen molar-refractivity contribution in [2.75, 3.05) is 33.4 Å². The minimum Gasteiger partial charge on any atom is -0.383 e. The molecule has 0 aliphatic carbocycles. The van der Waals surface area contributed by atoms with Crippen LogP contribution in [0.3, 0.4) is 0 Å². The maximum Gasteiger partial charge on any atom is 0.191 e. The van der Waals surface area contributed by atoms with Gasteiger partial charge in [0.1, 0.15) is 0 Å². The van der Waals surface area contributed by atoms with E-state index in [4.69, 9.17) is 9.47 Å². The number of aliphatic imine (C=N–C) groups is 1. The third kappa shape index (κ3) is 8.57. The fraction of sp³-hybridized carbons (Fsp3) is 0.611. The van der Waals surface area contributed by atoms with Crippen molar-refractivity contribution < 1.29 is 9.47 Å². The van der Waals surface area contributed by atoms with Crippen LogP contribution in [0.25, 0.3) is 0 Å². The average molecular weight is 321 g/mol. The highest BCUT2D eigenvalue weighted by atomic mass is 16.5. The maximum atomic E-state index is 5.86. The smallest absolute Gasteiger partial charge is 0.191 e. The minimum atomic E-state index is 0.119. The molecule has 0 amide bonds. The Kier molecular flexibility index (Phi) is 10.1. The average Bonchev–Trinajstić information content (AvgIpc) is 2.55. The Labute approximate surface area is 140 Å². The largest absolute Gasteiger partial charge is 0.383 e. The van der Waals surface area contributed by atoms with Gasteiger partial charge >= 0.3 is 0 Å². The Morgan fingerprint density at radius 1 is 1.22 bits per heavy atom. The maximum absolute atomic E-state index is 5.86. The first kappa shape index (κ1) is 19.5. The molecule has 0 saturated heterocycles. The molecule has 0 heterocycles. The molecule has 0 radical (unpaired) electrons. The molecule has 2 atom stereocenters. The molecule has 1 aromatic rings. The van der Waals surface area contributed by atoms with Gasteiger partial charge in [0.15, 0.2) is 5.96 Å². The van der Waals surface area contributed by atoms with Gasteiger partial charge in [-0.25, -0.2) is 0 Å². The van der Waals surface area contributed by atoms with E-state index >= 15 is 0 Å². The van der Waals surface area contributed by atoms with Crippen molar-refractivity contribution >= 4 is 5.96 Å². The quantitative estimate of drug-likeness (QED) is 0.395. The predicted octanol–water partition coefficient (Wildman–Crippen LogP) is 2.74. The second kappa shape index (κ2) is 11.9. The third-order valence-corrected chi connectivity index (χ3v) is 3.35. The van der Waals surface area contributed by atoms with Crippen molar-refractivity contribution in [1.82, 2.24) is 10.6 Å². The van der Waals surface area contributed by atoms with E-state index < -0.39 is 0 Å². The van der Waals surface area contributed by atoms with E-state index in [1.165, 1.54) is 5.56 Å². The zero-order chi connectivity index (χ0) is 16.9. The Hall–Kier alpha value is -1.59. The molecule has 0 aromatic heterocycles. The molecule has 2 N–H and O–H groups in total. The Morgan fingerprint density at radius 3 is 2.61 bits per heavy atom. The minimum absolute atomic E-state index is 0.119. The topological polar surface area (TPSA) is 54.9 Å². The van der Waals surface area contributed by atoms with E-state index in [9.17, 15) is 0 Å². The predicted molar refractivity (Wildman–Crippen MR) is 95.9 cm³/mol. The van der Waals surface area contributed by atoms with Gasteiger partial charge in [-0.3, -0.25) is 4.99 Å². The number of hydrogen-bond acceptors (Lipinski definition) is 3. The monoisotopic (exact) mass is 321 g/mol. The number of nitrogens with one attached hydrogen (secondary N) is 2. The molecule has 5 heteroatoms. The second-order valence-corrected chi connectivity index (χ2v) is 5.54. The van der Waals surface area contributed by atoms with Gasteiger partial charge in [0, 0.05) is 32.8 Å². The van der Waals surface area contributed by atoms with Gasteiger partial charge in [0.05, 0.1) is 12.7 Å². The molecule has 23 heavy (non-hydrogen) atoms. The number of benzene rings is 1. The van der Waals surface area contributed by atoms with Gasteiger partial charge in [-0.1, -0.05) is 30.3 Å². The van der Waals surface area contributed by atoms with Crippen LogP contribution in [0.5, 0.6) is 0 Å². The number of nitrogens with zero attached hydrogens (tertiary/aromatic N) is 1. The van der Waals surface area contributed by atoms with Gasteiger partial charge in [0.2, 0.25) is 0 Å². The lowest BCUT2D eigenvalue weighted by Gasteiger charge is -2.17. The highest BCUT2D eigenvalue weighted by molar-refractivity contribution is 5.80. The highest BCUT2D eigenvalue weighted by Crippen LogP contribution is 2.15. The van der Waals surface area contributed by atoms with Crippen molar-refractivity contribution in [1.29, 1.82) is 0 Å². The van der Waals surface area contributed by atoms with E-state index in [0.29, 0.717) is 13.2 Å².